The number of hydrogen-bond acceptors (Lipinski definition) is 6. The van der Waals surface area contributed by atoms with Gasteiger partial charge in [0, 0.05) is 0 Å². The number of rotatable bonds is 10. The van der Waals surface area contributed by atoms with Crippen molar-refractivity contribution in [3.05, 3.63) is 83.9 Å². The van der Waals surface area contributed by atoms with E-state index in [-0.39, 0.29) is 17.5 Å². The summed E-state index contributed by atoms with van der Waals surface area (Å²) in [5.41, 5.74) is 3.03. The lowest BCUT2D eigenvalue weighted by molar-refractivity contribution is -0.133. The molecule has 2 fully saturated rings. The summed E-state index contributed by atoms with van der Waals surface area (Å²) in [6.07, 6.45) is 4.22. The highest BCUT2D eigenvalue weighted by molar-refractivity contribution is 5.91. The first-order chi connectivity index (χ1) is 20.2. The predicted molar refractivity (Wildman–Crippen MR) is 163 cm³/mol. The number of carbonyl (C=O) groups excluding carboxylic acids is 2. The molecule has 1 saturated carbocycles. The molecule has 42 heavy (non-hydrogen) atoms. The highest BCUT2D eigenvalue weighted by Gasteiger charge is 2.37. The molecule has 1 heterocycles. The third-order valence-electron chi connectivity index (χ3n) is 8.94. The van der Waals surface area contributed by atoms with E-state index in [4.69, 9.17) is 18.9 Å². The number of ether oxygens (including phenoxy) is 4. The fourth-order valence-electron chi connectivity index (χ4n) is 5.84. The summed E-state index contributed by atoms with van der Waals surface area (Å²) in [5, 5.41) is 0. The van der Waals surface area contributed by atoms with Crippen LogP contribution in [-0.4, -0.2) is 37.9 Å². The number of esters is 2. The van der Waals surface area contributed by atoms with Crippen LogP contribution < -0.4 is 9.47 Å². The van der Waals surface area contributed by atoms with Crippen LogP contribution in [0.3, 0.4) is 0 Å². The van der Waals surface area contributed by atoms with Crippen molar-refractivity contribution in [2.75, 3.05) is 19.8 Å². The molecule has 6 heteroatoms. The summed E-state index contributed by atoms with van der Waals surface area (Å²) in [6.45, 7) is 10.9. The lowest BCUT2D eigenvalue weighted by Gasteiger charge is -2.40. The lowest BCUT2D eigenvalue weighted by Crippen LogP contribution is -2.46. The fraction of sp³-hybridized carbons (Fsp3) is 0.444. The van der Waals surface area contributed by atoms with Crippen LogP contribution >= 0.6 is 0 Å². The van der Waals surface area contributed by atoms with Crippen LogP contribution in [0, 0.1) is 23.2 Å². The van der Waals surface area contributed by atoms with E-state index in [0.717, 1.165) is 49.4 Å². The Bertz CT molecular complexity index is 1330. The Hall–Kier alpha value is -3.64. The van der Waals surface area contributed by atoms with Crippen molar-refractivity contribution in [1.29, 1.82) is 0 Å². The van der Waals surface area contributed by atoms with Crippen LogP contribution in [0.5, 0.6) is 11.5 Å². The highest BCUT2D eigenvalue weighted by atomic mass is 16.5. The van der Waals surface area contributed by atoms with Gasteiger partial charge in [0.1, 0.15) is 17.6 Å². The van der Waals surface area contributed by atoms with Crippen molar-refractivity contribution in [3.63, 3.8) is 0 Å². The monoisotopic (exact) mass is 570 g/mol. The molecule has 5 rings (SSSR count). The molecule has 1 saturated heterocycles. The maximum atomic E-state index is 12.9. The molecule has 0 aromatic heterocycles. The SMILES string of the molecule is CCC1(COc2ccc(C(=O)Oc3ccc(-c4ccc(C(=O)OC5CC(C)CCC5C(C)C)cc4)cc3)cc2)COC1. The van der Waals surface area contributed by atoms with E-state index < -0.39 is 5.97 Å². The molecule has 6 nitrogen and oxygen atoms in total. The van der Waals surface area contributed by atoms with Crippen LogP contribution in [0.4, 0.5) is 0 Å². The minimum absolute atomic E-state index is 0.0247. The molecule has 3 unspecified atom stereocenters. The van der Waals surface area contributed by atoms with Gasteiger partial charge < -0.3 is 18.9 Å². The zero-order valence-electron chi connectivity index (χ0n) is 25.1. The second-order valence-electron chi connectivity index (χ2n) is 12.4. The third kappa shape index (κ3) is 7.04. The van der Waals surface area contributed by atoms with Crippen molar-refractivity contribution in [3.8, 4) is 22.6 Å². The molecular weight excluding hydrogens is 528 g/mol. The first-order valence-electron chi connectivity index (χ1n) is 15.2. The molecule has 3 atom stereocenters. The van der Waals surface area contributed by atoms with Gasteiger partial charge in [0.05, 0.1) is 36.4 Å². The third-order valence-corrected chi connectivity index (χ3v) is 8.94. The number of benzene rings is 3. The van der Waals surface area contributed by atoms with Crippen LogP contribution in [0.2, 0.25) is 0 Å². The maximum Gasteiger partial charge on any atom is 0.343 e. The Labute approximate surface area is 249 Å². The summed E-state index contributed by atoms with van der Waals surface area (Å²) >= 11 is 0. The summed E-state index contributed by atoms with van der Waals surface area (Å²) < 4.78 is 22.9. The minimum atomic E-state index is -0.429. The Morgan fingerprint density at radius 3 is 1.98 bits per heavy atom. The van der Waals surface area contributed by atoms with Crippen LogP contribution in [-0.2, 0) is 9.47 Å². The molecule has 1 aliphatic heterocycles. The Balaban J connectivity index is 1.14. The van der Waals surface area contributed by atoms with E-state index in [2.05, 4.69) is 27.7 Å². The van der Waals surface area contributed by atoms with Crippen LogP contribution in [0.1, 0.15) is 74.1 Å². The molecule has 3 aromatic rings. The highest BCUT2D eigenvalue weighted by Crippen LogP contribution is 2.36. The van der Waals surface area contributed by atoms with E-state index in [0.29, 0.717) is 41.2 Å². The van der Waals surface area contributed by atoms with Gasteiger partial charge in [0.15, 0.2) is 0 Å². The van der Waals surface area contributed by atoms with E-state index in [1.165, 1.54) is 6.42 Å². The molecule has 0 radical (unpaired) electrons. The second kappa shape index (κ2) is 13.1. The average molecular weight is 571 g/mol. The van der Waals surface area contributed by atoms with E-state index in [1.807, 2.05) is 36.4 Å². The van der Waals surface area contributed by atoms with Crippen molar-refractivity contribution in [2.24, 2.45) is 23.2 Å². The first-order valence-corrected chi connectivity index (χ1v) is 15.2. The Kier molecular flexibility index (Phi) is 9.32. The lowest BCUT2D eigenvalue weighted by atomic mass is 9.75. The molecule has 222 valence electrons. The molecule has 2 aliphatic rings. The van der Waals surface area contributed by atoms with Gasteiger partial charge in [-0.05, 0) is 96.7 Å². The van der Waals surface area contributed by atoms with Crippen LogP contribution in [0.25, 0.3) is 11.1 Å². The van der Waals surface area contributed by atoms with Gasteiger partial charge in [-0.2, -0.15) is 0 Å². The van der Waals surface area contributed by atoms with Crippen LogP contribution in [0.15, 0.2) is 72.8 Å². The van der Waals surface area contributed by atoms with Crippen molar-refractivity contribution in [1.82, 2.24) is 0 Å². The zero-order valence-corrected chi connectivity index (χ0v) is 25.1. The topological polar surface area (TPSA) is 71.1 Å². The largest absolute Gasteiger partial charge is 0.493 e. The van der Waals surface area contributed by atoms with Crippen molar-refractivity contribution in [2.45, 2.75) is 59.5 Å². The smallest absolute Gasteiger partial charge is 0.343 e. The molecule has 0 N–H and O–H groups in total. The molecule has 3 aromatic carbocycles. The quantitative estimate of drug-likeness (QED) is 0.182. The average Bonchev–Trinajstić information content (AvgIpc) is 2.97. The van der Waals surface area contributed by atoms with Gasteiger partial charge in [-0.3, -0.25) is 0 Å². The minimum Gasteiger partial charge on any atom is -0.493 e. The van der Waals surface area contributed by atoms with Gasteiger partial charge in [0.25, 0.3) is 0 Å². The molecule has 0 spiro atoms. The molecule has 1 aliphatic carbocycles. The van der Waals surface area contributed by atoms with Gasteiger partial charge >= 0.3 is 11.9 Å². The van der Waals surface area contributed by atoms with Gasteiger partial charge in [-0.25, -0.2) is 9.59 Å². The van der Waals surface area contributed by atoms with E-state index >= 15 is 0 Å². The zero-order chi connectivity index (χ0) is 29.7. The summed E-state index contributed by atoms with van der Waals surface area (Å²) in [6, 6.07) is 21.8. The van der Waals surface area contributed by atoms with E-state index in [9.17, 15) is 9.59 Å². The number of carbonyl (C=O) groups is 2. The fourth-order valence-corrected chi connectivity index (χ4v) is 5.84. The summed E-state index contributed by atoms with van der Waals surface area (Å²) in [4.78, 5) is 25.6. The molecular formula is C36H42O6. The van der Waals surface area contributed by atoms with Gasteiger partial charge in [-0.15, -0.1) is 0 Å². The first kappa shape index (κ1) is 29.8. The second-order valence-corrected chi connectivity index (χ2v) is 12.4. The van der Waals surface area contributed by atoms with Crippen molar-refractivity contribution < 1.29 is 28.5 Å². The standard InChI is InChI=1S/C36H42O6/c1-5-36(21-39-22-36)23-40-30-15-13-29(14-16-30)34(37)41-31-17-11-27(12-18-31)26-7-9-28(10-8-26)35(38)42-33-20-25(4)6-19-32(33)24(2)3/h7-18,24-25,32-33H,5-6,19-23H2,1-4H3. The number of hydrogen-bond donors (Lipinski definition) is 0. The molecule has 0 amide bonds. The Morgan fingerprint density at radius 1 is 0.833 bits per heavy atom. The van der Waals surface area contributed by atoms with E-state index in [1.54, 1.807) is 36.4 Å². The van der Waals surface area contributed by atoms with Gasteiger partial charge in [-0.1, -0.05) is 58.4 Å². The van der Waals surface area contributed by atoms with Gasteiger partial charge in [0.2, 0.25) is 0 Å². The summed E-state index contributed by atoms with van der Waals surface area (Å²) in [7, 11) is 0. The maximum absolute atomic E-state index is 12.9. The summed E-state index contributed by atoms with van der Waals surface area (Å²) in [5.74, 6) is 1.97. The van der Waals surface area contributed by atoms with Crippen molar-refractivity contribution >= 4 is 11.9 Å². The Morgan fingerprint density at radius 2 is 1.40 bits per heavy atom. The normalized spacial score (nSPS) is 21.3. The predicted octanol–water partition coefficient (Wildman–Crippen LogP) is 8.00. The molecule has 0 bridgehead atoms.